The average molecular weight is 316 g/mol. The van der Waals surface area contributed by atoms with E-state index in [1.54, 1.807) is 0 Å². The Kier molecular flexibility index (Phi) is 3.53. The average Bonchev–Trinajstić information content (AvgIpc) is 2.55. The number of carbonyl (C=O) groups excluding carboxylic acids is 1. The lowest BCUT2D eigenvalue weighted by molar-refractivity contribution is -0.690. The lowest BCUT2D eigenvalue weighted by atomic mass is 9.88. The van der Waals surface area contributed by atoms with E-state index < -0.39 is 11.8 Å². The van der Waals surface area contributed by atoms with Gasteiger partial charge in [-0.2, -0.15) is 0 Å². The Balaban J connectivity index is 1.69. The number of hydrogen-bond donors (Lipinski definition) is 2. The summed E-state index contributed by atoms with van der Waals surface area (Å²) in [6.07, 6.45) is 5.29. The number of quaternary nitrogens is 1. The minimum absolute atomic E-state index is 0.244. The van der Waals surface area contributed by atoms with Crippen molar-refractivity contribution in [3.63, 3.8) is 0 Å². The summed E-state index contributed by atoms with van der Waals surface area (Å²) in [7, 11) is 0. The van der Waals surface area contributed by atoms with Crippen LogP contribution in [0.4, 0.5) is 0 Å². The van der Waals surface area contributed by atoms with Gasteiger partial charge in [-0.05, 0) is 18.4 Å². The molecule has 0 amide bonds. The number of hydrogen-bond acceptors (Lipinski definition) is 4. The largest absolute Gasteiger partial charge is 0.480 e. The molecule has 122 valence electrons. The Bertz CT molecular complexity index is 661. The molecule has 5 nitrogen and oxygen atoms in total. The van der Waals surface area contributed by atoms with E-state index in [4.69, 9.17) is 9.47 Å². The molecular weight excluding hydrogens is 294 g/mol. The van der Waals surface area contributed by atoms with Crippen molar-refractivity contribution in [3.05, 3.63) is 46.9 Å². The van der Waals surface area contributed by atoms with Crippen molar-refractivity contribution in [1.29, 1.82) is 0 Å². The van der Waals surface area contributed by atoms with E-state index in [9.17, 15) is 9.90 Å². The van der Waals surface area contributed by atoms with Crippen molar-refractivity contribution >= 4 is 5.97 Å². The van der Waals surface area contributed by atoms with Gasteiger partial charge in [0.15, 0.2) is 11.6 Å². The third-order valence-electron chi connectivity index (χ3n) is 5.14. The summed E-state index contributed by atoms with van der Waals surface area (Å²) < 4.78 is 11.4. The summed E-state index contributed by atoms with van der Waals surface area (Å²) in [6.45, 7) is 0.872. The van der Waals surface area contributed by atoms with Crippen LogP contribution in [-0.2, 0) is 20.7 Å². The fraction of sp³-hybridized carbons (Fsp3) is 0.500. The van der Waals surface area contributed by atoms with Crippen LogP contribution in [-0.4, -0.2) is 23.4 Å². The Morgan fingerprint density at radius 1 is 1.13 bits per heavy atom. The Hall–Kier alpha value is -2.01. The Labute approximate surface area is 135 Å². The highest BCUT2D eigenvalue weighted by atomic mass is 16.8. The van der Waals surface area contributed by atoms with Crippen LogP contribution in [0.15, 0.2) is 35.8 Å². The molecule has 0 bridgehead atoms. The molecule has 1 saturated carbocycles. The van der Waals surface area contributed by atoms with E-state index in [1.165, 1.54) is 5.56 Å². The van der Waals surface area contributed by atoms with Gasteiger partial charge in [-0.15, -0.1) is 0 Å². The maximum atomic E-state index is 12.6. The minimum atomic E-state index is -0.947. The SMILES string of the molecule is O=C1OC2(CCCCC2)OC(O)=C1[C@@H]1[NH2+]CCc2ccccc21. The highest BCUT2D eigenvalue weighted by Gasteiger charge is 2.48. The van der Waals surface area contributed by atoms with Crippen molar-refractivity contribution < 1.29 is 24.7 Å². The van der Waals surface area contributed by atoms with Gasteiger partial charge in [-0.25, -0.2) is 4.79 Å². The smallest absolute Gasteiger partial charge is 0.351 e. The van der Waals surface area contributed by atoms with Crippen LogP contribution in [0.1, 0.15) is 49.3 Å². The van der Waals surface area contributed by atoms with Crippen LogP contribution >= 0.6 is 0 Å². The topological polar surface area (TPSA) is 72.4 Å². The van der Waals surface area contributed by atoms with Gasteiger partial charge in [0.05, 0.1) is 6.54 Å². The van der Waals surface area contributed by atoms with E-state index in [2.05, 4.69) is 11.4 Å². The van der Waals surface area contributed by atoms with Gasteiger partial charge >= 0.3 is 5.97 Å². The van der Waals surface area contributed by atoms with E-state index in [0.717, 1.165) is 37.8 Å². The molecule has 1 aliphatic carbocycles. The zero-order valence-corrected chi connectivity index (χ0v) is 13.1. The lowest BCUT2D eigenvalue weighted by Crippen LogP contribution is -2.88. The van der Waals surface area contributed by atoms with Crippen LogP contribution in [0.5, 0.6) is 0 Å². The van der Waals surface area contributed by atoms with Gasteiger partial charge in [0.1, 0.15) is 0 Å². The predicted octanol–water partition coefficient (Wildman–Crippen LogP) is 1.85. The van der Waals surface area contributed by atoms with E-state index in [-0.39, 0.29) is 17.6 Å². The zero-order valence-electron chi connectivity index (χ0n) is 13.1. The van der Waals surface area contributed by atoms with E-state index >= 15 is 0 Å². The zero-order chi connectivity index (χ0) is 15.9. The third-order valence-corrected chi connectivity index (χ3v) is 5.14. The summed E-state index contributed by atoms with van der Waals surface area (Å²) in [6, 6.07) is 7.79. The molecule has 1 atom stereocenters. The number of carbonyl (C=O) groups is 1. The van der Waals surface area contributed by atoms with Crippen molar-refractivity contribution in [2.45, 2.75) is 50.4 Å². The second-order valence-electron chi connectivity index (χ2n) is 6.63. The maximum Gasteiger partial charge on any atom is 0.351 e. The number of nitrogens with two attached hydrogens (primary N) is 1. The summed E-state index contributed by atoms with van der Waals surface area (Å²) in [4.78, 5) is 12.6. The molecule has 2 aliphatic heterocycles. The van der Waals surface area contributed by atoms with Gasteiger partial charge in [-0.3, -0.25) is 0 Å². The van der Waals surface area contributed by atoms with Crippen LogP contribution in [0.2, 0.25) is 0 Å². The molecule has 5 heteroatoms. The normalized spacial score (nSPS) is 26.4. The van der Waals surface area contributed by atoms with Crippen LogP contribution < -0.4 is 5.32 Å². The summed E-state index contributed by atoms with van der Waals surface area (Å²) in [5, 5.41) is 12.5. The molecular formula is C18H22NO4+. The van der Waals surface area contributed by atoms with Gasteiger partial charge in [-0.1, -0.05) is 30.7 Å². The minimum Gasteiger partial charge on any atom is -0.480 e. The molecule has 1 fully saturated rings. The molecule has 3 N–H and O–H groups in total. The first-order chi connectivity index (χ1) is 11.2. The van der Waals surface area contributed by atoms with Crippen LogP contribution in [0.3, 0.4) is 0 Å². The fourth-order valence-electron chi connectivity index (χ4n) is 3.99. The number of ether oxygens (including phenoxy) is 2. The van der Waals surface area contributed by atoms with Crippen molar-refractivity contribution in [2.75, 3.05) is 6.54 Å². The molecule has 1 aromatic rings. The quantitative estimate of drug-likeness (QED) is 0.776. The van der Waals surface area contributed by atoms with Gasteiger partial charge in [0, 0.05) is 24.8 Å². The Morgan fingerprint density at radius 3 is 2.70 bits per heavy atom. The second-order valence-corrected chi connectivity index (χ2v) is 6.63. The monoisotopic (exact) mass is 316 g/mol. The van der Waals surface area contributed by atoms with Crippen LogP contribution in [0.25, 0.3) is 0 Å². The molecule has 3 aliphatic rings. The number of benzene rings is 1. The first-order valence-corrected chi connectivity index (χ1v) is 8.45. The van der Waals surface area contributed by atoms with Crippen molar-refractivity contribution in [3.8, 4) is 0 Å². The van der Waals surface area contributed by atoms with Crippen molar-refractivity contribution in [1.82, 2.24) is 0 Å². The van der Waals surface area contributed by atoms with E-state index in [1.807, 2.05) is 18.2 Å². The number of aliphatic hydroxyl groups is 1. The molecule has 0 unspecified atom stereocenters. The predicted molar refractivity (Wildman–Crippen MR) is 82.3 cm³/mol. The van der Waals surface area contributed by atoms with Crippen LogP contribution in [0, 0.1) is 0 Å². The van der Waals surface area contributed by atoms with Gasteiger partial charge in [0.25, 0.3) is 11.7 Å². The fourth-order valence-corrected chi connectivity index (χ4v) is 3.99. The first kappa shape index (κ1) is 14.6. The molecule has 1 aromatic carbocycles. The number of esters is 1. The standard InChI is InChI=1S/C18H21NO4/c20-16-14(15-13-7-3-2-6-12(13)8-11-19-15)17(21)23-18(22-16)9-4-1-5-10-18/h2-3,6-7,15,19-20H,1,4-5,8-11H2/p+1/t15-/m1/s1. The van der Waals surface area contributed by atoms with Gasteiger partial charge < -0.3 is 19.9 Å². The molecule has 0 radical (unpaired) electrons. The maximum absolute atomic E-state index is 12.6. The first-order valence-electron chi connectivity index (χ1n) is 8.45. The lowest BCUT2D eigenvalue weighted by Gasteiger charge is -2.40. The number of rotatable bonds is 1. The molecule has 0 saturated heterocycles. The highest BCUT2D eigenvalue weighted by molar-refractivity contribution is 5.91. The molecule has 1 spiro atoms. The molecule has 4 rings (SSSR count). The summed E-state index contributed by atoms with van der Waals surface area (Å²) >= 11 is 0. The molecule has 2 heterocycles. The summed E-state index contributed by atoms with van der Waals surface area (Å²) in [5.41, 5.74) is 2.51. The third kappa shape index (κ3) is 2.49. The second kappa shape index (κ2) is 5.57. The Morgan fingerprint density at radius 2 is 1.91 bits per heavy atom. The van der Waals surface area contributed by atoms with Crippen molar-refractivity contribution in [2.24, 2.45) is 0 Å². The number of fused-ring (bicyclic) bond motifs is 1. The molecule has 0 aromatic heterocycles. The highest BCUT2D eigenvalue weighted by Crippen LogP contribution is 2.40. The number of aliphatic hydroxyl groups excluding tert-OH is 1. The van der Waals surface area contributed by atoms with Gasteiger partial charge in [0.2, 0.25) is 0 Å². The van der Waals surface area contributed by atoms with E-state index in [0.29, 0.717) is 12.8 Å². The summed E-state index contributed by atoms with van der Waals surface area (Å²) in [5.74, 6) is -1.63. The molecule has 23 heavy (non-hydrogen) atoms.